The summed E-state index contributed by atoms with van der Waals surface area (Å²) < 4.78 is 38.7. The van der Waals surface area contributed by atoms with E-state index in [0.29, 0.717) is 48.0 Å². The lowest BCUT2D eigenvalue weighted by Gasteiger charge is -2.40. The SMILES string of the molecule is C=CC(=O)N1CCN(c2nc(OC[C@@H]3CCCN3C)nc3c(F)c(-c4cccc5cccc(Cl)c45)c(F)cc23)C[C@@H]1C. The molecule has 0 bridgehead atoms. The average Bonchev–Trinajstić information content (AvgIpc) is 3.40. The Kier molecular flexibility index (Phi) is 7.72. The Morgan fingerprint density at radius 1 is 1.17 bits per heavy atom. The van der Waals surface area contributed by atoms with Crippen LogP contribution in [0.15, 0.2) is 55.1 Å². The third-order valence-electron chi connectivity index (χ3n) is 8.43. The number of nitrogens with zero attached hydrogens (tertiary/aromatic N) is 5. The summed E-state index contributed by atoms with van der Waals surface area (Å²) in [5.41, 5.74) is 0.102. The van der Waals surface area contributed by atoms with Crippen LogP contribution in [0.1, 0.15) is 19.8 Å². The molecule has 2 fully saturated rings. The molecule has 2 saturated heterocycles. The van der Waals surface area contributed by atoms with Crippen LogP contribution in [0.2, 0.25) is 5.02 Å². The van der Waals surface area contributed by atoms with E-state index in [1.165, 1.54) is 12.1 Å². The molecule has 0 N–H and O–H groups in total. The van der Waals surface area contributed by atoms with Gasteiger partial charge in [-0.2, -0.15) is 9.97 Å². The van der Waals surface area contributed by atoms with Gasteiger partial charge in [-0.05, 0) is 62.5 Å². The van der Waals surface area contributed by atoms with Crippen molar-refractivity contribution >= 4 is 45.0 Å². The topological polar surface area (TPSA) is 61.8 Å². The molecule has 4 aromatic rings. The molecule has 2 atom stereocenters. The van der Waals surface area contributed by atoms with Crippen LogP contribution in [0.25, 0.3) is 32.8 Å². The number of ether oxygens (including phenoxy) is 1. The normalized spacial score (nSPS) is 19.5. The molecule has 7 nitrogen and oxygen atoms in total. The van der Waals surface area contributed by atoms with Crippen molar-refractivity contribution in [3.05, 3.63) is 71.8 Å². The van der Waals surface area contributed by atoms with E-state index in [1.54, 1.807) is 29.2 Å². The van der Waals surface area contributed by atoms with E-state index in [-0.39, 0.29) is 40.5 Å². The van der Waals surface area contributed by atoms with Crippen LogP contribution in [0, 0.1) is 11.6 Å². The molecule has 0 spiro atoms. The van der Waals surface area contributed by atoms with E-state index in [1.807, 2.05) is 31.0 Å². The van der Waals surface area contributed by atoms with Crippen LogP contribution in [-0.4, -0.2) is 77.6 Å². The lowest BCUT2D eigenvalue weighted by molar-refractivity contribution is -0.128. The molecule has 0 radical (unpaired) electrons. The monoisotopic (exact) mass is 591 g/mol. The summed E-state index contributed by atoms with van der Waals surface area (Å²) in [7, 11) is 2.04. The average molecular weight is 592 g/mol. The number of rotatable bonds is 6. The lowest BCUT2D eigenvalue weighted by Crippen LogP contribution is -2.54. The predicted octanol–water partition coefficient (Wildman–Crippen LogP) is 6.08. The first-order valence-electron chi connectivity index (χ1n) is 14.1. The number of piperazine rings is 1. The van der Waals surface area contributed by atoms with E-state index in [9.17, 15) is 4.79 Å². The van der Waals surface area contributed by atoms with Gasteiger partial charge in [-0.1, -0.05) is 48.5 Å². The molecule has 10 heteroatoms. The summed E-state index contributed by atoms with van der Waals surface area (Å²) in [5, 5.41) is 1.97. The molecular weight excluding hydrogens is 560 g/mol. The summed E-state index contributed by atoms with van der Waals surface area (Å²) in [6.07, 6.45) is 3.36. The first-order chi connectivity index (χ1) is 20.3. The number of hydrogen-bond donors (Lipinski definition) is 0. The van der Waals surface area contributed by atoms with Gasteiger partial charge < -0.3 is 19.4 Å². The molecule has 1 aromatic heterocycles. The number of likely N-dealkylation sites (N-methyl/N-ethyl adjacent to an activating group) is 1. The van der Waals surface area contributed by atoms with Crippen LogP contribution in [-0.2, 0) is 4.79 Å². The maximum atomic E-state index is 16.6. The summed E-state index contributed by atoms with van der Waals surface area (Å²) in [5.74, 6) is -1.34. The van der Waals surface area contributed by atoms with Crippen LogP contribution >= 0.6 is 11.6 Å². The van der Waals surface area contributed by atoms with Gasteiger partial charge in [-0.3, -0.25) is 4.79 Å². The Morgan fingerprint density at radius 2 is 1.95 bits per heavy atom. The number of carbonyl (C=O) groups is 1. The van der Waals surface area contributed by atoms with E-state index in [0.717, 1.165) is 24.8 Å². The Bertz CT molecular complexity index is 1690. The fraction of sp³-hybridized carbons (Fsp3) is 0.344. The molecule has 42 heavy (non-hydrogen) atoms. The van der Waals surface area contributed by atoms with Gasteiger partial charge >= 0.3 is 6.01 Å². The summed E-state index contributed by atoms with van der Waals surface area (Å²) in [6.45, 7) is 8.11. The number of halogens is 3. The van der Waals surface area contributed by atoms with Gasteiger partial charge in [0, 0.05) is 47.5 Å². The zero-order valence-electron chi connectivity index (χ0n) is 23.6. The standard InChI is InChI=1S/C32H32ClF2N5O2/c1-4-26(41)40-15-14-39(17-19(40)2)31-23-16-25(34)28(22-11-5-8-20-9-6-12-24(33)27(20)22)29(35)30(23)36-32(37-31)42-18-21-10-7-13-38(21)3/h4-6,8-9,11-12,16,19,21H,1,7,10,13-15,17-18H2,2-3H3/t19-,21-/m0/s1. The highest BCUT2D eigenvalue weighted by Gasteiger charge is 2.30. The third kappa shape index (κ3) is 5.05. The summed E-state index contributed by atoms with van der Waals surface area (Å²) in [4.78, 5) is 27.4. The van der Waals surface area contributed by atoms with Crippen LogP contribution in [0.5, 0.6) is 6.01 Å². The summed E-state index contributed by atoms with van der Waals surface area (Å²) in [6, 6.07) is 12.0. The zero-order valence-corrected chi connectivity index (χ0v) is 24.4. The zero-order chi connectivity index (χ0) is 29.5. The van der Waals surface area contributed by atoms with Crippen molar-refractivity contribution in [1.29, 1.82) is 0 Å². The molecule has 0 unspecified atom stereocenters. The molecule has 1 amide bonds. The molecule has 0 aliphatic carbocycles. The number of amides is 1. The van der Waals surface area contributed by atoms with Crippen molar-refractivity contribution < 1.29 is 18.3 Å². The van der Waals surface area contributed by atoms with E-state index < -0.39 is 11.6 Å². The molecular formula is C32H32ClF2N5O2. The number of aromatic nitrogens is 2. The van der Waals surface area contributed by atoms with Gasteiger partial charge in [0.25, 0.3) is 0 Å². The number of anilines is 1. The molecule has 2 aliphatic heterocycles. The molecule has 6 rings (SSSR count). The Hall–Kier alpha value is -3.82. The van der Waals surface area contributed by atoms with E-state index in [4.69, 9.17) is 16.3 Å². The first-order valence-corrected chi connectivity index (χ1v) is 14.5. The van der Waals surface area contributed by atoms with Gasteiger partial charge in [-0.15, -0.1) is 0 Å². The van der Waals surface area contributed by atoms with Crippen molar-refractivity contribution in [2.45, 2.75) is 31.8 Å². The number of carbonyl (C=O) groups excluding carboxylic acids is 1. The van der Waals surface area contributed by atoms with Crippen LogP contribution in [0.3, 0.4) is 0 Å². The quantitative estimate of drug-likeness (QED) is 0.253. The van der Waals surface area contributed by atoms with Crippen molar-refractivity contribution in [2.75, 3.05) is 44.7 Å². The molecule has 0 saturated carbocycles. The third-order valence-corrected chi connectivity index (χ3v) is 8.74. The van der Waals surface area contributed by atoms with Crippen molar-refractivity contribution in [2.24, 2.45) is 0 Å². The molecule has 2 aliphatic rings. The lowest BCUT2D eigenvalue weighted by atomic mass is 9.96. The van der Waals surface area contributed by atoms with Crippen LogP contribution in [0.4, 0.5) is 14.6 Å². The minimum Gasteiger partial charge on any atom is -0.462 e. The Labute approximate surface area is 248 Å². The van der Waals surface area contributed by atoms with Crippen molar-refractivity contribution in [1.82, 2.24) is 19.8 Å². The number of hydrogen-bond acceptors (Lipinski definition) is 6. The number of benzene rings is 3. The van der Waals surface area contributed by atoms with E-state index in [2.05, 4.69) is 21.4 Å². The number of likely N-dealkylation sites (tertiary alicyclic amines) is 1. The second kappa shape index (κ2) is 11.5. The second-order valence-corrected chi connectivity index (χ2v) is 11.4. The maximum Gasteiger partial charge on any atom is 0.319 e. The highest BCUT2D eigenvalue weighted by molar-refractivity contribution is 6.36. The fourth-order valence-electron chi connectivity index (χ4n) is 6.17. The van der Waals surface area contributed by atoms with Gasteiger partial charge in [-0.25, -0.2) is 8.78 Å². The second-order valence-electron chi connectivity index (χ2n) is 11.0. The number of fused-ring (bicyclic) bond motifs is 2. The van der Waals surface area contributed by atoms with Crippen LogP contribution < -0.4 is 9.64 Å². The molecule has 3 heterocycles. The van der Waals surface area contributed by atoms with Gasteiger partial charge in [0.2, 0.25) is 5.91 Å². The van der Waals surface area contributed by atoms with Gasteiger partial charge in [0.15, 0.2) is 5.82 Å². The van der Waals surface area contributed by atoms with E-state index >= 15 is 8.78 Å². The fourth-order valence-corrected chi connectivity index (χ4v) is 6.45. The van der Waals surface area contributed by atoms with Crippen molar-refractivity contribution in [3.63, 3.8) is 0 Å². The van der Waals surface area contributed by atoms with Gasteiger partial charge in [0.1, 0.15) is 23.8 Å². The Morgan fingerprint density at radius 3 is 2.67 bits per heavy atom. The Balaban J connectivity index is 1.49. The molecule has 3 aromatic carbocycles. The first kappa shape index (κ1) is 28.3. The highest BCUT2D eigenvalue weighted by atomic mass is 35.5. The van der Waals surface area contributed by atoms with Crippen molar-refractivity contribution in [3.8, 4) is 17.1 Å². The smallest absolute Gasteiger partial charge is 0.319 e. The van der Waals surface area contributed by atoms with Gasteiger partial charge in [0.05, 0.1) is 5.56 Å². The maximum absolute atomic E-state index is 16.6. The largest absolute Gasteiger partial charge is 0.462 e. The highest BCUT2D eigenvalue weighted by Crippen LogP contribution is 2.40. The molecule has 218 valence electrons. The minimum atomic E-state index is -0.808. The summed E-state index contributed by atoms with van der Waals surface area (Å²) >= 11 is 6.53. The minimum absolute atomic E-state index is 0.0301. The predicted molar refractivity (Wildman–Crippen MR) is 162 cm³/mol.